The first-order valence-electron chi connectivity index (χ1n) is 10.1. The van der Waals surface area contributed by atoms with Gasteiger partial charge in [0.25, 0.3) is 11.5 Å². The molecule has 0 saturated heterocycles. The Kier molecular flexibility index (Phi) is 5.37. The van der Waals surface area contributed by atoms with Crippen molar-refractivity contribution in [2.75, 3.05) is 7.05 Å². The third kappa shape index (κ3) is 3.96. The molecule has 0 atom stereocenters. The fourth-order valence-electron chi connectivity index (χ4n) is 3.52. The van der Waals surface area contributed by atoms with Crippen LogP contribution in [-0.2, 0) is 6.54 Å². The van der Waals surface area contributed by atoms with E-state index in [4.69, 9.17) is 0 Å². The van der Waals surface area contributed by atoms with Crippen molar-refractivity contribution in [1.29, 1.82) is 0 Å². The Labute approximate surface area is 179 Å². The van der Waals surface area contributed by atoms with Gasteiger partial charge >= 0.3 is 0 Å². The van der Waals surface area contributed by atoms with E-state index in [1.165, 1.54) is 4.90 Å². The van der Waals surface area contributed by atoms with Gasteiger partial charge in [0.2, 0.25) is 0 Å². The van der Waals surface area contributed by atoms with Crippen molar-refractivity contribution in [2.45, 2.75) is 33.2 Å². The maximum Gasteiger partial charge on any atom is 0.276 e. The molecule has 0 unspecified atom stereocenters. The smallest absolute Gasteiger partial charge is 0.276 e. The van der Waals surface area contributed by atoms with Crippen LogP contribution in [0.5, 0.6) is 0 Å². The van der Waals surface area contributed by atoms with Crippen LogP contribution in [0.2, 0.25) is 0 Å². The van der Waals surface area contributed by atoms with Gasteiger partial charge in [-0.25, -0.2) is 9.67 Å². The number of nitrogens with zero attached hydrogens (tertiary/aromatic N) is 5. The second-order valence-electron chi connectivity index (χ2n) is 7.92. The summed E-state index contributed by atoms with van der Waals surface area (Å²) in [5.74, 6) is 0.164. The Morgan fingerprint density at radius 2 is 1.84 bits per heavy atom. The van der Waals surface area contributed by atoms with Crippen LogP contribution in [-0.4, -0.2) is 42.8 Å². The Bertz CT molecular complexity index is 1300. The fourth-order valence-corrected chi connectivity index (χ4v) is 3.52. The highest BCUT2D eigenvalue weighted by Crippen LogP contribution is 2.23. The maximum absolute atomic E-state index is 13.2. The number of aromatic nitrogens is 5. The van der Waals surface area contributed by atoms with E-state index in [0.717, 1.165) is 16.9 Å². The van der Waals surface area contributed by atoms with Crippen molar-refractivity contribution in [3.63, 3.8) is 0 Å². The number of carbonyl (C=O) groups is 1. The number of amides is 1. The molecule has 8 heteroatoms. The highest BCUT2D eigenvalue weighted by atomic mass is 16.2. The number of hydrogen-bond acceptors (Lipinski definition) is 5. The summed E-state index contributed by atoms with van der Waals surface area (Å²) in [6.45, 7) is 6.17. The van der Waals surface area contributed by atoms with Gasteiger partial charge in [0.15, 0.2) is 5.69 Å². The molecule has 2 aromatic carbocycles. The Hall–Kier alpha value is -3.81. The third-order valence-corrected chi connectivity index (χ3v) is 5.13. The summed E-state index contributed by atoms with van der Waals surface area (Å²) in [7, 11) is 1.66. The number of benzene rings is 2. The van der Waals surface area contributed by atoms with Crippen LogP contribution in [0.25, 0.3) is 16.6 Å². The quantitative estimate of drug-likeness (QED) is 0.539. The summed E-state index contributed by atoms with van der Waals surface area (Å²) in [5.41, 5.74) is 3.39. The van der Waals surface area contributed by atoms with E-state index in [0.29, 0.717) is 22.4 Å². The van der Waals surface area contributed by atoms with Crippen LogP contribution in [0, 0.1) is 6.92 Å². The number of carbonyl (C=O) groups excluding carboxylic acids is 1. The highest BCUT2D eigenvalue weighted by Gasteiger charge is 2.25. The van der Waals surface area contributed by atoms with Crippen molar-refractivity contribution in [3.05, 3.63) is 81.7 Å². The van der Waals surface area contributed by atoms with E-state index < -0.39 is 0 Å². The molecule has 2 heterocycles. The molecule has 0 bridgehead atoms. The third-order valence-electron chi connectivity index (χ3n) is 5.13. The molecule has 0 saturated carbocycles. The predicted molar refractivity (Wildman–Crippen MR) is 118 cm³/mol. The summed E-state index contributed by atoms with van der Waals surface area (Å²) >= 11 is 0. The molecule has 0 radical (unpaired) electrons. The van der Waals surface area contributed by atoms with Crippen molar-refractivity contribution in [3.8, 4) is 5.69 Å². The molecule has 4 rings (SSSR count). The minimum Gasteiger partial charge on any atom is -0.333 e. The van der Waals surface area contributed by atoms with Gasteiger partial charge in [0.1, 0.15) is 5.82 Å². The van der Waals surface area contributed by atoms with Crippen molar-refractivity contribution in [1.82, 2.24) is 29.9 Å². The Balaban J connectivity index is 1.65. The number of H-pyrrole nitrogens is 1. The van der Waals surface area contributed by atoms with E-state index >= 15 is 0 Å². The molecular weight excluding hydrogens is 392 g/mol. The zero-order chi connectivity index (χ0) is 22.1. The topological polar surface area (TPSA) is 96.8 Å². The number of rotatable bonds is 5. The van der Waals surface area contributed by atoms with Gasteiger partial charge in [0, 0.05) is 7.05 Å². The van der Waals surface area contributed by atoms with Crippen molar-refractivity contribution in [2.24, 2.45) is 0 Å². The minimum atomic E-state index is -0.280. The summed E-state index contributed by atoms with van der Waals surface area (Å²) in [6.07, 6.45) is 0. The highest BCUT2D eigenvalue weighted by molar-refractivity contribution is 5.93. The lowest BCUT2D eigenvalue weighted by Gasteiger charge is -2.17. The molecule has 8 nitrogen and oxygen atoms in total. The second kappa shape index (κ2) is 8.14. The number of aromatic amines is 1. The van der Waals surface area contributed by atoms with Crippen LogP contribution in [0.1, 0.15) is 47.3 Å². The van der Waals surface area contributed by atoms with Gasteiger partial charge in [0.05, 0.1) is 28.8 Å². The van der Waals surface area contributed by atoms with Gasteiger partial charge in [-0.15, -0.1) is 5.10 Å². The molecule has 0 spiro atoms. The van der Waals surface area contributed by atoms with Gasteiger partial charge in [-0.05, 0) is 37.1 Å². The fraction of sp³-hybridized carbons (Fsp3) is 0.261. The lowest BCUT2D eigenvalue weighted by Crippen LogP contribution is -2.29. The Morgan fingerprint density at radius 3 is 2.55 bits per heavy atom. The molecule has 158 valence electrons. The van der Waals surface area contributed by atoms with E-state index in [1.807, 2.05) is 51.1 Å². The molecule has 0 fully saturated rings. The SMILES string of the molecule is Cc1ccc(-n2nnc(C(=O)N(C)Cc3nc4ccccc4c(=O)[nH]3)c2C(C)C)cc1. The molecule has 1 N–H and O–H groups in total. The molecule has 4 aromatic rings. The monoisotopic (exact) mass is 416 g/mol. The van der Waals surface area contributed by atoms with Crippen LogP contribution < -0.4 is 5.56 Å². The Morgan fingerprint density at radius 1 is 1.13 bits per heavy atom. The van der Waals surface area contributed by atoms with Gasteiger partial charge in [-0.2, -0.15) is 0 Å². The number of aryl methyl sites for hydroxylation is 1. The summed E-state index contributed by atoms with van der Waals surface area (Å²) in [4.78, 5) is 34.3. The summed E-state index contributed by atoms with van der Waals surface area (Å²) < 4.78 is 1.71. The van der Waals surface area contributed by atoms with Gasteiger partial charge in [-0.1, -0.05) is 48.9 Å². The zero-order valence-electron chi connectivity index (χ0n) is 18.0. The average Bonchev–Trinajstić information content (AvgIpc) is 3.19. The first kappa shape index (κ1) is 20.5. The largest absolute Gasteiger partial charge is 0.333 e. The number of fused-ring (bicyclic) bond motifs is 1. The first-order chi connectivity index (χ1) is 14.8. The van der Waals surface area contributed by atoms with E-state index in [1.54, 1.807) is 29.9 Å². The average molecular weight is 416 g/mol. The van der Waals surface area contributed by atoms with Crippen LogP contribution >= 0.6 is 0 Å². The maximum atomic E-state index is 13.2. The van der Waals surface area contributed by atoms with Gasteiger partial charge in [-0.3, -0.25) is 9.59 Å². The molecule has 0 aliphatic heterocycles. The van der Waals surface area contributed by atoms with E-state index in [9.17, 15) is 9.59 Å². The summed E-state index contributed by atoms with van der Waals surface area (Å²) in [5, 5.41) is 8.96. The molecule has 2 aromatic heterocycles. The lowest BCUT2D eigenvalue weighted by molar-refractivity contribution is 0.0774. The lowest BCUT2D eigenvalue weighted by atomic mass is 10.1. The van der Waals surface area contributed by atoms with Crippen molar-refractivity contribution >= 4 is 16.8 Å². The zero-order valence-corrected chi connectivity index (χ0v) is 18.0. The predicted octanol–water partition coefficient (Wildman–Crippen LogP) is 3.21. The van der Waals surface area contributed by atoms with Gasteiger partial charge < -0.3 is 9.88 Å². The molecular formula is C23H24N6O2. The number of hydrogen-bond donors (Lipinski definition) is 1. The van der Waals surface area contributed by atoms with Crippen LogP contribution in [0.15, 0.2) is 53.3 Å². The normalized spacial score (nSPS) is 11.3. The number of nitrogens with one attached hydrogen (secondary N) is 1. The van der Waals surface area contributed by atoms with Crippen LogP contribution in [0.4, 0.5) is 0 Å². The van der Waals surface area contributed by atoms with Crippen molar-refractivity contribution < 1.29 is 4.79 Å². The minimum absolute atomic E-state index is 0.0299. The summed E-state index contributed by atoms with van der Waals surface area (Å²) in [6, 6.07) is 15.0. The first-order valence-corrected chi connectivity index (χ1v) is 10.1. The standard InChI is InChI=1S/C23H24N6O2/c1-14(2)21-20(26-27-29(21)16-11-9-15(3)10-12-16)23(31)28(4)13-19-24-18-8-6-5-7-17(18)22(30)25-19/h5-12,14H,13H2,1-4H3,(H,24,25,30). The molecule has 0 aliphatic carbocycles. The molecule has 1 amide bonds. The molecule has 31 heavy (non-hydrogen) atoms. The van der Waals surface area contributed by atoms with E-state index in [-0.39, 0.29) is 23.9 Å². The van der Waals surface area contributed by atoms with Crippen LogP contribution in [0.3, 0.4) is 0 Å². The second-order valence-corrected chi connectivity index (χ2v) is 7.92. The molecule has 0 aliphatic rings. The van der Waals surface area contributed by atoms with E-state index in [2.05, 4.69) is 20.3 Å². The number of para-hydroxylation sites is 1.